The summed E-state index contributed by atoms with van der Waals surface area (Å²) in [6.45, 7) is 0. The Labute approximate surface area is 147 Å². The van der Waals surface area contributed by atoms with Crippen LogP contribution in [0, 0.1) is 0 Å². The molecule has 1 aliphatic carbocycles. The number of ether oxygens (including phenoxy) is 1. The number of benzene rings is 2. The van der Waals surface area contributed by atoms with Gasteiger partial charge in [0.05, 0.1) is 12.0 Å². The second-order valence-electron chi connectivity index (χ2n) is 6.65. The van der Waals surface area contributed by atoms with Crippen LogP contribution in [0.3, 0.4) is 0 Å². The van der Waals surface area contributed by atoms with Crippen LogP contribution in [-0.4, -0.2) is 12.0 Å². The van der Waals surface area contributed by atoms with E-state index in [1.54, 1.807) is 6.07 Å². The molecule has 4 heteroatoms. The van der Waals surface area contributed by atoms with Crippen molar-refractivity contribution in [3.8, 4) is 5.75 Å². The van der Waals surface area contributed by atoms with E-state index in [0.29, 0.717) is 17.5 Å². The fourth-order valence-corrected chi connectivity index (χ4v) is 3.82. The molecule has 2 aliphatic rings. The van der Waals surface area contributed by atoms with Crippen molar-refractivity contribution in [3.05, 3.63) is 58.6 Å². The SMILES string of the molecule is O=C1Nc2ccc(Cl)cc2[C@@H]1Cc1ccc(OC2CCCC2)cc1. The number of carbonyl (C=O) groups excluding carboxylic acids is 1. The van der Waals surface area contributed by atoms with Gasteiger partial charge in [-0.05, 0) is 73.6 Å². The summed E-state index contributed by atoms with van der Waals surface area (Å²) in [6.07, 6.45) is 5.88. The molecule has 0 saturated heterocycles. The van der Waals surface area contributed by atoms with Gasteiger partial charge in [-0.2, -0.15) is 0 Å². The lowest BCUT2D eigenvalue weighted by Crippen LogP contribution is -2.14. The van der Waals surface area contributed by atoms with Gasteiger partial charge in [0.25, 0.3) is 0 Å². The summed E-state index contributed by atoms with van der Waals surface area (Å²) < 4.78 is 6.00. The van der Waals surface area contributed by atoms with E-state index in [1.807, 2.05) is 24.3 Å². The Morgan fingerprint density at radius 3 is 2.58 bits per heavy atom. The van der Waals surface area contributed by atoms with Crippen LogP contribution in [0.25, 0.3) is 0 Å². The maximum absolute atomic E-state index is 12.3. The summed E-state index contributed by atoms with van der Waals surface area (Å²) in [5.74, 6) is 0.781. The van der Waals surface area contributed by atoms with E-state index in [2.05, 4.69) is 17.4 Å². The minimum absolute atomic E-state index is 0.0403. The molecular formula is C20H20ClNO2. The van der Waals surface area contributed by atoms with Gasteiger partial charge in [-0.3, -0.25) is 4.79 Å². The molecule has 4 rings (SSSR count). The van der Waals surface area contributed by atoms with Crippen molar-refractivity contribution in [3.63, 3.8) is 0 Å². The highest BCUT2D eigenvalue weighted by molar-refractivity contribution is 6.31. The van der Waals surface area contributed by atoms with E-state index in [0.717, 1.165) is 35.4 Å². The van der Waals surface area contributed by atoms with Crippen LogP contribution >= 0.6 is 11.6 Å². The average Bonchev–Trinajstić information content (AvgIpc) is 3.18. The molecule has 1 aliphatic heterocycles. The Morgan fingerprint density at radius 1 is 1.08 bits per heavy atom. The molecule has 0 bridgehead atoms. The minimum Gasteiger partial charge on any atom is -0.490 e. The third-order valence-corrected chi connectivity index (χ3v) is 5.17. The molecule has 1 amide bonds. The van der Waals surface area contributed by atoms with Crippen LogP contribution in [0.4, 0.5) is 5.69 Å². The van der Waals surface area contributed by atoms with Crippen molar-refractivity contribution in [2.24, 2.45) is 0 Å². The Balaban J connectivity index is 1.47. The number of anilines is 1. The zero-order valence-electron chi connectivity index (χ0n) is 13.4. The lowest BCUT2D eigenvalue weighted by molar-refractivity contribution is -0.117. The van der Waals surface area contributed by atoms with Gasteiger partial charge in [0.15, 0.2) is 0 Å². The highest BCUT2D eigenvalue weighted by Crippen LogP contribution is 2.36. The predicted molar refractivity (Wildman–Crippen MR) is 95.9 cm³/mol. The molecule has 24 heavy (non-hydrogen) atoms. The second kappa shape index (κ2) is 6.48. The van der Waals surface area contributed by atoms with Gasteiger partial charge in [-0.15, -0.1) is 0 Å². The molecule has 1 fully saturated rings. The van der Waals surface area contributed by atoms with Crippen molar-refractivity contribution in [1.82, 2.24) is 0 Å². The van der Waals surface area contributed by atoms with Crippen molar-refractivity contribution in [1.29, 1.82) is 0 Å². The first kappa shape index (κ1) is 15.5. The average molecular weight is 342 g/mol. The first-order valence-corrected chi connectivity index (χ1v) is 8.93. The molecule has 124 valence electrons. The third kappa shape index (κ3) is 3.13. The quantitative estimate of drug-likeness (QED) is 0.855. The van der Waals surface area contributed by atoms with Crippen LogP contribution in [-0.2, 0) is 11.2 Å². The van der Waals surface area contributed by atoms with Gasteiger partial charge >= 0.3 is 0 Å². The van der Waals surface area contributed by atoms with Gasteiger partial charge in [0.2, 0.25) is 5.91 Å². The Bertz CT molecular complexity index is 751. The van der Waals surface area contributed by atoms with Crippen molar-refractivity contribution < 1.29 is 9.53 Å². The monoisotopic (exact) mass is 341 g/mol. The molecule has 1 heterocycles. The van der Waals surface area contributed by atoms with E-state index < -0.39 is 0 Å². The maximum atomic E-state index is 12.3. The van der Waals surface area contributed by atoms with Gasteiger partial charge in [0.1, 0.15) is 5.75 Å². The second-order valence-corrected chi connectivity index (χ2v) is 7.08. The van der Waals surface area contributed by atoms with Crippen molar-refractivity contribution >= 4 is 23.2 Å². The number of hydrogen-bond acceptors (Lipinski definition) is 2. The maximum Gasteiger partial charge on any atom is 0.232 e. The zero-order chi connectivity index (χ0) is 16.5. The number of rotatable bonds is 4. The first-order valence-electron chi connectivity index (χ1n) is 8.55. The van der Waals surface area contributed by atoms with Crippen LogP contribution < -0.4 is 10.1 Å². The smallest absolute Gasteiger partial charge is 0.232 e. The van der Waals surface area contributed by atoms with E-state index in [1.165, 1.54) is 12.8 Å². The number of carbonyl (C=O) groups is 1. The highest BCUT2D eigenvalue weighted by atomic mass is 35.5. The van der Waals surface area contributed by atoms with Gasteiger partial charge in [-0.1, -0.05) is 23.7 Å². The van der Waals surface area contributed by atoms with Crippen molar-refractivity contribution in [2.75, 3.05) is 5.32 Å². The van der Waals surface area contributed by atoms with Gasteiger partial charge in [-0.25, -0.2) is 0 Å². The Kier molecular flexibility index (Phi) is 4.19. The molecule has 0 aromatic heterocycles. The molecule has 2 aromatic rings. The number of amides is 1. The molecule has 1 N–H and O–H groups in total. The number of nitrogens with one attached hydrogen (secondary N) is 1. The summed E-state index contributed by atoms with van der Waals surface area (Å²) in [4.78, 5) is 12.3. The Hall–Kier alpha value is -2.00. The molecule has 1 atom stereocenters. The molecule has 3 nitrogen and oxygen atoms in total. The van der Waals surface area contributed by atoms with Crippen molar-refractivity contribution in [2.45, 2.75) is 44.1 Å². The first-order chi connectivity index (χ1) is 11.7. The number of fused-ring (bicyclic) bond motifs is 1. The normalized spacial score (nSPS) is 20.0. The van der Waals surface area contributed by atoms with Crippen LogP contribution in [0.5, 0.6) is 5.75 Å². The molecule has 1 saturated carbocycles. The molecule has 0 unspecified atom stereocenters. The number of hydrogen-bond donors (Lipinski definition) is 1. The minimum atomic E-state index is -0.180. The van der Waals surface area contributed by atoms with Crippen LogP contribution in [0.1, 0.15) is 42.7 Å². The summed E-state index contributed by atoms with van der Waals surface area (Å²) in [7, 11) is 0. The van der Waals surface area contributed by atoms with Crippen LogP contribution in [0.15, 0.2) is 42.5 Å². The van der Waals surface area contributed by atoms with E-state index >= 15 is 0 Å². The van der Waals surface area contributed by atoms with E-state index in [4.69, 9.17) is 16.3 Å². The van der Waals surface area contributed by atoms with Crippen LogP contribution in [0.2, 0.25) is 5.02 Å². The van der Waals surface area contributed by atoms with E-state index in [-0.39, 0.29) is 11.8 Å². The highest BCUT2D eigenvalue weighted by Gasteiger charge is 2.30. The topological polar surface area (TPSA) is 38.3 Å². The Morgan fingerprint density at radius 2 is 1.83 bits per heavy atom. The fraction of sp³-hybridized carbons (Fsp3) is 0.350. The summed E-state index contributed by atoms with van der Waals surface area (Å²) >= 11 is 6.09. The fourth-order valence-electron chi connectivity index (χ4n) is 3.64. The van der Waals surface area contributed by atoms with E-state index in [9.17, 15) is 4.79 Å². The number of halogens is 1. The third-order valence-electron chi connectivity index (χ3n) is 4.93. The summed E-state index contributed by atoms with van der Waals surface area (Å²) in [5.41, 5.74) is 2.98. The lowest BCUT2D eigenvalue weighted by atomic mass is 9.93. The zero-order valence-corrected chi connectivity index (χ0v) is 14.2. The standard InChI is InChI=1S/C20H20ClNO2/c21-14-7-10-19-17(12-14)18(20(23)22-19)11-13-5-8-16(9-6-13)24-15-3-1-2-4-15/h5-10,12,15,18H,1-4,11H2,(H,22,23)/t18-/m0/s1. The van der Waals surface area contributed by atoms with Gasteiger partial charge < -0.3 is 10.1 Å². The summed E-state index contributed by atoms with van der Waals surface area (Å²) in [5, 5.41) is 3.59. The summed E-state index contributed by atoms with van der Waals surface area (Å²) in [6, 6.07) is 13.7. The predicted octanol–water partition coefficient (Wildman–Crippen LogP) is 4.94. The van der Waals surface area contributed by atoms with Gasteiger partial charge in [0, 0.05) is 10.7 Å². The largest absolute Gasteiger partial charge is 0.490 e. The molecule has 2 aromatic carbocycles. The lowest BCUT2D eigenvalue weighted by Gasteiger charge is -2.14. The molecule has 0 radical (unpaired) electrons. The molecule has 0 spiro atoms. The molecular weight excluding hydrogens is 322 g/mol.